The molecule has 48 heavy (non-hydrogen) atoms. The first-order valence-electron chi connectivity index (χ1n) is 14.2. The van der Waals surface area contributed by atoms with Crippen molar-refractivity contribution in [1.82, 2.24) is 19.9 Å². The van der Waals surface area contributed by atoms with Gasteiger partial charge < -0.3 is 44.2 Å². The average molecular weight is 661 g/mol. The molecule has 0 atom stereocenters. The molecule has 0 bridgehead atoms. The molecule has 4 aromatic rings. The number of primary amides is 4. The van der Waals surface area contributed by atoms with Crippen molar-refractivity contribution in [1.29, 1.82) is 0 Å². The number of carbonyl (C=O) groups excluding carboxylic acids is 4. The summed E-state index contributed by atoms with van der Waals surface area (Å²) in [7, 11) is 0. The molecule has 0 aliphatic heterocycles. The molecule has 0 unspecified atom stereocenters. The van der Waals surface area contributed by atoms with Gasteiger partial charge in [0.25, 0.3) is 22.9 Å². The second-order valence-electron chi connectivity index (χ2n) is 10.6. The number of nitrogens with one attached hydrogen (secondary N) is 6. The molecule has 0 saturated heterocycles. The summed E-state index contributed by atoms with van der Waals surface area (Å²) in [5.74, 6) is -3.12. The van der Waals surface area contributed by atoms with Gasteiger partial charge in [0.15, 0.2) is 11.6 Å². The van der Waals surface area contributed by atoms with Gasteiger partial charge in [-0.3, -0.25) is 38.7 Å². The maximum absolute atomic E-state index is 12.1. The smallest absolute Gasteiger partial charge is 0.267 e. The van der Waals surface area contributed by atoms with Gasteiger partial charge in [-0.25, -0.2) is 0 Å². The van der Waals surface area contributed by atoms with E-state index in [0.29, 0.717) is 11.4 Å². The van der Waals surface area contributed by atoms with Crippen LogP contribution in [0.3, 0.4) is 0 Å². The van der Waals surface area contributed by atoms with Crippen LogP contribution in [0.15, 0.2) is 46.0 Å². The summed E-state index contributed by atoms with van der Waals surface area (Å²) in [6.07, 6.45) is 0. The Balaban J connectivity index is 0.000000260. The fourth-order valence-corrected chi connectivity index (χ4v) is 4.46. The van der Waals surface area contributed by atoms with E-state index in [-0.39, 0.29) is 47.7 Å². The van der Waals surface area contributed by atoms with E-state index in [0.717, 1.165) is 22.3 Å². The summed E-state index contributed by atoms with van der Waals surface area (Å²) in [5.41, 5.74) is 23.8. The lowest BCUT2D eigenvalue weighted by molar-refractivity contribution is -0.117. The summed E-state index contributed by atoms with van der Waals surface area (Å²) < 4.78 is 0. The summed E-state index contributed by atoms with van der Waals surface area (Å²) in [6, 6.07) is 11.3. The molecule has 2 aromatic carbocycles. The molecule has 0 saturated carbocycles. The van der Waals surface area contributed by atoms with E-state index in [1.54, 1.807) is 0 Å². The Morgan fingerprint density at radius 1 is 0.583 bits per heavy atom. The number of nitrogens with zero attached hydrogens (tertiary/aromatic N) is 2. The molecular formula is C30H36N12O6. The third-order valence-electron chi connectivity index (χ3n) is 6.16. The Morgan fingerprint density at radius 2 is 0.896 bits per heavy atom. The van der Waals surface area contributed by atoms with Crippen molar-refractivity contribution in [3.63, 3.8) is 0 Å². The molecule has 252 valence electrons. The zero-order chi connectivity index (χ0) is 35.7. The normalized spacial score (nSPS) is 10.2. The van der Waals surface area contributed by atoms with Crippen LogP contribution in [0.5, 0.6) is 0 Å². The van der Waals surface area contributed by atoms with Crippen LogP contribution in [0.2, 0.25) is 0 Å². The highest BCUT2D eigenvalue weighted by Gasteiger charge is 2.19. The van der Waals surface area contributed by atoms with Gasteiger partial charge in [-0.05, 0) is 74.2 Å². The van der Waals surface area contributed by atoms with Crippen LogP contribution in [0.4, 0.5) is 34.9 Å². The number of aryl methyl sites for hydroxylation is 4. The number of H-pyrrole nitrogens is 2. The van der Waals surface area contributed by atoms with Gasteiger partial charge in [-0.1, -0.05) is 12.1 Å². The summed E-state index contributed by atoms with van der Waals surface area (Å²) in [6.45, 7) is 7.22. The number of rotatable bonds is 12. The quantitative estimate of drug-likeness (QED) is 0.0978. The van der Waals surface area contributed by atoms with Crippen molar-refractivity contribution in [2.45, 2.75) is 27.7 Å². The second-order valence-corrected chi connectivity index (χ2v) is 10.6. The summed E-state index contributed by atoms with van der Waals surface area (Å²) in [4.78, 5) is 81.8. The van der Waals surface area contributed by atoms with Crippen LogP contribution in [-0.4, -0.2) is 56.7 Å². The number of aromatic amines is 2. The topological polar surface area (TPSA) is 312 Å². The van der Waals surface area contributed by atoms with Crippen LogP contribution in [0.25, 0.3) is 0 Å². The van der Waals surface area contributed by atoms with E-state index in [1.807, 2.05) is 64.1 Å². The van der Waals surface area contributed by atoms with Crippen LogP contribution in [-0.2, 0) is 9.59 Å². The highest BCUT2D eigenvalue weighted by Crippen LogP contribution is 2.21. The van der Waals surface area contributed by atoms with E-state index in [2.05, 4.69) is 41.2 Å². The number of nitrogens with two attached hydrogens (primary N) is 4. The van der Waals surface area contributed by atoms with Gasteiger partial charge >= 0.3 is 0 Å². The lowest BCUT2D eigenvalue weighted by Crippen LogP contribution is -2.29. The minimum atomic E-state index is -0.919. The predicted molar refractivity (Wildman–Crippen MR) is 181 cm³/mol. The Kier molecular flexibility index (Phi) is 11.6. The van der Waals surface area contributed by atoms with Crippen molar-refractivity contribution < 1.29 is 19.2 Å². The van der Waals surface area contributed by atoms with Gasteiger partial charge in [0.1, 0.15) is 11.1 Å². The Hall–Kier alpha value is -6.72. The van der Waals surface area contributed by atoms with Gasteiger partial charge in [0, 0.05) is 11.4 Å². The fraction of sp³-hybridized carbons (Fsp3) is 0.200. The van der Waals surface area contributed by atoms with Crippen molar-refractivity contribution in [2.24, 2.45) is 22.9 Å². The first-order chi connectivity index (χ1) is 22.5. The fourth-order valence-electron chi connectivity index (χ4n) is 4.46. The molecule has 0 spiro atoms. The largest absolute Gasteiger partial charge is 0.368 e. The lowest BCUT2D eigenvalue weighted by Gasteiger charge is -2.12. The number of anilines is 6. The van der Waals surface area contributed by atoms with E-state index in [4.69, 9.17) is 22.9 Å². The van der Waals surface area contributed by atoms with Gasteiger partial charge in [0.05, 0.1) is 13.1 Å². The predicted octanol–water partition coefficient (Wildman–Crippen LogP) is 0.253. The van der Waals surface area contributed by atoms with E-state index in [9.17, 15) is 28.8 Å². The van der Waals surface area contributed by atoms with Crippen molar-refractivity contribution >= 4 is 58.5 Å². The number of benzene rings is 2. The monoisotopic (exact) mass is 660 g/mol. The van der Waals surface area contributed by atoms with Crippen LogP contribution >= 0.6 is 0 Å². The number of carbonyl (C=O) groups is 4. The molecule has 0 radical (unpaired) electrons. The number of aromatic nitrogens is 4. The molecule has 4 rings (SSSR count). The van der Waals surface area contributed by atoms with Crippen molar-refractivity contribution in [3.8, 4) is 0 Å². The van der Waals surface area contributed by atoms with E-state index >= 15 is 0 Å². The van der Waals surface area contributed by atoms with Gasteiger partial charge in [-0.15, -0.1) is 0 Å². The molecule has 2 heterocycles. The Labute approximate surface area is 273 Å². The lowest BCUT2D eigenvalue weighted by atomic mass is 10.1. The van der Waals surface area contributed by atoms with E-state index < -0.39 is 34.7 Å². The van der Waals surface area contributed by atoms with Crippen molar-refractivity contribution in [2.75, 3.05) is 34.4 Å². The third-order valence-corrected chi connectivity index (χ3v) is 6.16. The minimum absolute atomic E-state index is 0.00400. The summed E-state index contributed by atoms with van der Waals surface area (Å²) in [5, 5.41) is 11.0. The molecule has 0 aliphatic carbocycles. The Morgan fingerprint density at radius 3 is 1.17 bits per heavy atom. The Bertz CT molecular complexity index is 1820. The van der Waals surface area contributed by atoms with Crippen LogP contribution < -0.4 is 55.3 Å². The maximum Gasteiger partial charge on any atom is 0.267 e. The highest BCUT2D eigenvalue weighted by atomic mass is 16.2. The van der Waals surface area contributed by atoms with Gasteiger partial charge in [0.2, 0.25) is 23.7 Å². The second kappa shape index (κ2) is 15.5. The molecule has 0 aliphatic rings. The number of amides is 4. The molecule has 14 N–H and O–H groups in total. The van der Waals surface area contributed by atoms with E-state index in [1.165, 1.54) is 0 Å². The summed E-state index contributed by atoms with van der Waals surface area (Å²) >= 11 is 0. The molecule has 18 nitrogen and oxygen atoms in total. The number of hydrogen-bond acceptors (Lipinski definition) is 12. The SMILES string of the molecule is Cc1cc(C)cc(Nc2nc(NCC(N)=O)[nH]c(=O)c2C(N)=O)c1.Cc1cc(C)cc(Nc2nc(NCC(N)=O)[nH]c(=O)c2C(N)=O)c1. The minimum Gasteiger partial charge on any atom is -0.368 e. The van der Waals surface area contributed by atoms with Crippen molar-refractivity contribution in [3.05, 3.63) is 90.5 Å². The molecule has 18 heteroatoms. The maximum atomic E-state index is 12.1. The molecule has 4 amide bonds. The van der Waals surface area contributed by atoms with Crippen LogP contribution in [0, 0.1) is 27.7 Å². The molecule has 2 aromatic heterocycles. The highest BCUT2D eigenvalue weighted by molar-refractivity contribution is 5.98. The average Bonchev–Trinajstić information content (AvgIpc) is 2.93. The first kappa shape index (κ1) is 35.8. The standard InChI is InChI=1S/2C15H18N6O3/c2*1-7-3-8(2)5-9(4-7)19-13-11(12(17)23)14(24)21-15(20-13)18-6-10(16)22/h2*3-5H,6H2,1-2H3,(H2,16,22)(H2,17,23)(H3,18,19,20,21,24). The van der Waals surface area contributed by atoms with Gasteiger partial charge in [-0.2, -0.15) is 9.97 Å². The first-order valence-corrected chi connectivity index (χ1v) is 14.2. The van der Waals surface area contributed by atoms with Crippen LogP contribution in [0.1, 0.15) is 43.0 Å². The molecule has 0 fully saturated rings. The molecular weight excluding hydrogens is 624 g/mol. The third kappa shape index (κ3) is 10.2. The zero-order valence-corrected chi connectivity index (χ0v) is 26.5. The zero-order valence-electron chi connectivity index (χ0n) is 26.5. The number of hydrogen-bond donors (Lipinski definition) is 10.